The van der Waals surface area contributed by atoms with Crippen molar-refractivity contribution in [2.75, 3.05) is 0 Å². The molecule has 0 aliphatic heterocycles. The molecule has 0 radical (unpaired) electrons. The Hall–Kier alpha value is -2.46. The number of nitrogens with zero attached hydrogens (tertiary/aromatic N) is 3. The van der Waals surface area contributed by atoms with Crippen LogP contribution in [0.25, 0.3) is 5.69 Å². The largest absolute Gasteiger partial charge is 0.307 e. The number of rotatable bonds is 5. The lowest BCUT2D eigenvalue weighted by molar-refractivity contribution is 0.678. The van der Waals surface area contributed by atoms with E-state index in [1.165, 1.54) is 5.56 Å². The molecule has 0 spiro atoms. The summed E-state index contributed by atoms with van der Waals surface area (Å²) in [7, 11) is 0. The van der Waals surface area contributed by atoms with Gasteiger partial charge in [-0.3, -0.25) is 4.98 Å². The highest BCUT2D eigenvalue weighted by Crippen LogP contribution is 2.08. The lowest BCUT2D eigenvalue weighted by Crippen LogP contribution is -2.13. The van der Waals surface area contributed by atoms with E-state index < -0.39 is 0 Å². The lowest BCUT2D eigenvalue weighted by atomic mass is 10.2. The number of hydrogen-bond acceptors (Lipinski definition) is 3. The zero-order valence-electron chi connectivity index (χ0n) is 12.0. The molecular formula is C17H18N4. The van der Waals surface area contributed by atoms with Crippen molar-refractivity contribution in [2.45, 2.75) is 20.0 Å². The van der Waals surface area contributed by atoms with Crippen LogP contribution < -0.4 is 5.32 Å². The van der Waals surface area contributed by atoms with E-state index in [2.05, 4.69) is 39.7 Å². The van der Waals surface area contributed by atoms with Gasteiger partial charge < -0.3 is 5.32 Å². The van der Waals surface area contributed by atoms with Gasteiger partial charge in [-0.2, -0.15) is 5.10 Å². The summed E-state index contributed by atoms with van der Waals surface area (Å²) >= 11 is 0. The van der Waals surface area contributed by atoms with Gasteiger partial charge in [0, 0.05) is 31.2 Å². The predicted molar refractivity (Wildman–Crippen MR) is 83.1 cm³/mol. The van der Waals surface area contributed by atoms with Gasteiger partial charge in [0.05, 0.1) is 11.4 Å². The van der Waals surface area contributed by atoms with Gasteiger partial charge in [-0.05, 0) is 42.8 Å². The Bertz CT molecular complexity index is 687. The van der Waals surface area contributed by atoms with Crippen LogP contribution in [0.1, 0.15) is 17.0 Å². The van der Waals surface area contributed by atoms with Gasteiger partial charge >= 0.3 is 0 Å². The monoisotopic (exact) mass is 278 g/mol. The molecule has 0 amide bonds. The normalized spacial score (nSPS) is 10.7. The summed E-state index contributed by atoms with van der Waals surface area (Å²) in [6, 6.07) is 16.4. The molecule has 0 saturated carbocycles. The van der Waals surface area contributed by atoms with E-state index in [1.54, 1.807) is 6.20 Å². The standard InChI is InChI=1S/C17H18N4/c1-14-4-2-5-16(20-14)13-18-12-15-6-8-17(9-7-15)21-11-3-10-19-21/h2-11,18H,12-13H2,1H3. The lowest BCUT2D eigenvalue weighted by Gasteiger charge is -2.07. The molecule has 21 heavy (non-hydrogen) atoms. The molecule has 2 heterocycles. The van der Waals surface area contributed by atoms with Gasteiger partial charge in [-0.25, -0.2) is 4.68 Å². The number of nitrogens with one attached hydrogen (secondary N) is 1. The van der Waals surface area contributed by atoms with E-state index >= 15 is 0 Å². The summed E-state index contributed by atoms with van der Waals surface area (Å²) in [6.07, 6.45) is 3.72. The maximum atomic E-state index is 4.48. The van der Waals surface area contributed by atoms with E-state index in [0.717, 1.165) is 30.2 Å². The first-order valence-corrected chi connectivity index (χ1v) is 7.03. The summed E-state index contributed by atoms with van der Waals surface area (Å²) in [5.74, 6) is 0. The Morgan fingerprint density at radius 3 is 2.57 bits per heavy atom. The fourth-order valence-electron chi connectivity index (χ4n) is 2.22. The molecule has 3 rings (SSSR count). The maximum Gasteiger partial charge on any atom is 0.0645 e. The molecule has 0 aliphatic carbocycles. The fourth-order valence-corrected chi connectivity index (χ4v) is 2.22. The van der Waals surface area contributed by atoms with E-state index in [1.807, 2.05) is 42.1 Å². The van der Waals surface area contributed by atoms with Crippen LogP contribution in [0.2, 0.25) is 0 Å². The molecule has 4 nitrogen and oxygen atoms in total. The third-order valence-electron chi connectivity index (χ3n) is 3.29. The SMILES string of the molecule is Cc1cccc(CNCc2ccc(-n3cccn3)cc2)n1. The van der Waals surface area contributed by atoms with Gasteiger partial charge in [0.15, 0.2) is 0 Å². The second-order valence-corrected chi connectivity index (χ2v) is 4.99. The Kier molecular flexibility index (Phi) is 4.07. The first kappa shape index (κ1) is 13.5. The first-order valence-electron chi connectivity index (χ1n) is 7.03. The molecule has 106 valence electrons. The van der Waals surface area contributed by atoms with E-state index in [4.69, 9.17) is 0 Å². The molecule has 0 fully saturated rings. The average molecular weight is 278 g/mol. The summed E-state index contributed by atoms with van der Waals surface area (Å²) in [4.78, 5) is 4.48. The Labute approximate surface area is 124 Å². The Balaban J connectivity index is 1.56. The van der Waals surface area contributed by atoms with Gasteiger partial charge in [0.2, 0.25) is 0 Å². The Morgan fingerprint density at radius 1 is 1.00 bits per heavy atom. The number of aromatic nitrogens is 3. The van der Waals surface area contributed by atoms with Crippen molar-refractivity contribution < 1.29 is 0 Å². The van der Waals surface area contributed by atoms with Crippen molar-refractivity contribution in [3.63, 3.8) is 0 Å². The third-order valence-corrected chi connectivity index (χ3v) is 3.29. The van der Waals surface area contributed by atoms with Gasteiger partial charge in [-0.1, -0.05) is 18.2 Å². The molecule has 0 unspecified atom stereocenters. The zero-order chi connectivity index (χ0) is 14.5. The summed E-state index contributed by atoms with van der Waals surface area (Å²) < 4.78 is 1.86. The van der Waals surface area contributed by atoms with Crippen LogP contribution in [0.5, 0.6) is 0 Å². The molecule has 0 bridgehead atoms. The number of benzene rings is 1. The molecule has 3 aromatic rings. The summed E-state index contributed by atoms with van der Waals surface area (Å²) in [6.45, 7) is 3.62. The van der Waals surface area contributed by atoms with Crippen LogP contribution >= 0.6 is 0 Å². The molecule has 0 atom stereocenters. The highest BCUT2D eigenvalue weighted by Gasteiger charge is 1.98. The van der Waals surface area contributed by atoms with Gasteiger partial charge in [0.1, 0.15) is 0 Å². The smallest absolute Gasteiger partial charge is 0.0645 e. The van der Waals surface area contributed by atoms with Crippen LogP contribution in [0.4, 0.5) is 0 Å². The molecular weight excluding hydrogens is 260 g/mol. The molecule has 0 aliphatic rings. The minimum absolute atomic E-state index is 0.780. The quantitative estimate of drug-likeness (QED) is 0.780. The topological polar surface area (TPSA) is 42.7 Å². The highest BCUT2D eigenvalue weighted by molar-refractivity contribution is 5.33. The van der Waals surface area contributed by atoms with Gasteiger partial charge in [-0.15, -0.1) is 0 Å². The highest BCUT2D eigenvalue weighted by atomic mass is 15.3. The van der Waals surface area contributed by atoms with Crippen LogP contribution in [-0.4, -0.2) is 14.8 Å². The van der Waals surface area contributed by atoms with Crippen molar-refractivity contribution in [1.82, 2.24) is 20.1 Å². The number of aryl methyl sites for hydroxylation is 1. The van der Waals surface area contributed by atoms with Crippen LogP contribution in [0.3, 0.4) is 0 Å². The number of pyridine rings is 1. The zero-order valence-corrected chi connectivity index (χ0v) is 12.0. The summed E-state index contributed by atoms with van der Waals surface area (Å²) in [5.41, 5.74) is 4.45. The van der Waals surface area contributed by atoms with Crippen molar-refractivity contribution in [2.24, 2.45) is 0 Å². The van der Waals surface area contributed by atoms with Crippen molar-refractivity contribution in [3.8, 4) is 5.69 Å². The molecule has 1 aromatic carbocycles. The molecule has 4 heteroatoms. The number of hydrogen-bond donors (Lipinski definition) is 1. The minimum atomic E-state index is 0.780. The van der Waals surface area contributed by atoms with Crippen LogP contribution in [0.15, 0.2) is 60.9 Å². The van der Waals surface area contributed by atoms with Crippen LogP contribution in [0, 0.1) is 6.92 Å². The second-order valence-electron chi connectivity index (χ2n) is 4.99. The van der Waals surface area contributed by atoms with E-state index in [0.29, 0.717) is 0 Å². The van der Waals surface area contributed by atoms with Crippen molar-refractivity contribution >= 4 is 0 Å². The fraction of sp³-hybridized carbons (Fsp3) is 0.176. The predicted octanol–water partition coefficient (Wildman–Crippen LogP) is 2.87. The molecule has 0 saturated heterocycles. The van der Waals surface area contributed by atoms with Crippen molar-refractivity contribution in [3.05, 3.63) is 77.9 Å². The second kappa shape index (κ2) is 6.33. The first-order chi connectivity index (χ1) is 10.3. The van der Waals surface area contributed by atoms with E-state index in [-0.39, 0.29) is 0 Å². The molecule has 1 N–H and O–H groups in total. The maximum absolute atomic E-state index is 4.48. The Morgan fingerprint density at radius 2 is 1.86 bits per heavy atom. The summed E-state index contributed by atoms with van der Waals surface area (Å²) in [5, 5.41) is 7.63. The third kappa shape index (κ3) is 3.55. The molecule has 2 aromatic heterocycles. The van der Waals surface area contributed by atoms with Gasteiger partial charge in [0.25, 0.3) is 0 Å². The van der Waals surface area contributed by atoms with Crippen molar-refractivity contribution in [1.29, 1.82) is 0 Å². The minimum Gasteiger partial charge on any atom is -0.307 e. The van der Waals surface area contributed by atoms with Crippen LogP contribution in [-0.2, 0) is 13.1 Å². The average Bonchev–Trinajstić information content (AvgIpc) is 3.02. The van der Waals surface area contributed by atoms with E-state index in [9.17, 15) is 0 Å².